The zero-order valence-electron chi connectivity index (χ0n) is 10.8. The molecular weight excluding hydrogens is 264 g/mol. The molecule has 0 saturated carbocycles. The molecule has 0 saturated heterocycles. The quantitative estimate of drug-likeness (QED) is 0.569. The number of anilines is 2. The molecule has 2 heterocycles. The summed E-state index contributed by atoms with van der Waals surface area (Å²) in [6.45, 7) is 0.841. The van der Waals surface area contributed by atoms with E-state index in [0.717, 1.165) is 12.3 Å². The van der Waals surface area contributed by atoms with Crippen LogP contribution < -0.4 is 16.2 Å². The van der Waals surface area contributed by atoms with E-state index < -0.39 is 0 Å². The molecule has 102 valence electrons. The first kappa shape index (κ1) is 13.6. The average Bonchev–Trinajstić information content (AvgIpc) is 2.98. The molecule has 0 atom stereocenters. The van der Waals surface area contributed by atoms with Crippen LogP contribution in [0.4, 0.5) is 11.9 Å². The number of hydrogen-bond donors (Lipinski definition) is 2. The molecule has 3 N–H and O–H groups in total. The van der Waals surface area contributed by atoms with E-state index in [9.17, 15) is 0 Å². The first-order valence-electron chi connectivity index (χ1n) is 5.67. The Hall–Kier alpha value is -1.87. The third-order valence-electron chi connectivity index (χ3n) is 2.42. The molecule has 0 bridgehead atoms. The number of thioether (sulfide) groups is 1. The fraction of sp³-hybridized carbons (Fsp3) is 0.400. The van der Waals surface area contributed by atoms with Gasteiger partial charge in [0.2, 0.25) is 11.9 Å². The Labute approximate surface area is 115 Å². The van der Waals surface area contributed by atoms with Gasteiger partial charge >= 0.3 is 0 Å². The summed E-state index contributed by atoms with van der Waals surface area (Å²) in [5.74, 6) is 7.68. The fourth-order valence-electron chi connectivity index (χ4n) is 1.41. The molecule has 0 aliphatic heterocycles. The normalized spacial score (nSPS) is 10.5. The van der Waals surface area contributed by atoms with Crippen LogP contribution in [-0.2, 0) is 0 Å². The predicted octanol–water partition coefficient (Wildman–Crippen LogP) is 0.142. The maximum absolute atomic E-state index is 5.39. The van der Waals surface area contributed by atoms with Crippen LogP contribution in [0, 0.1) is 0 Å². The highest BCUT2D eigenvalue weighted by molar-refractivity contribution is 7.98. The summed E-state index contributed by atoms with van der Waals surface area (Å²) in [6.07, 6.45) is 5.49. The molecule has 19 heavy (non-hydrogen) atoms. The minimum atomic E-state index is 0.312. The van der Waals surface area contributed by atoms with Gasteiger partial charge in [-0.2, -0.15) is 31.8 Å². The van der Waals surface area contributed by atoms with Crippen molar-refractivity contribution >= 4 is 23.7 Å². The lowest BCUT2D eigenvalue weighted by molar-refractivity contribution is 0.781. The largest absolute Gasteiger partial charge is 0.343 e. The lowest BCUT2D eigenvalue weighted by Crippen LogP contribution is -2.25. The second-order valence-corrected chi connectivity index (χ2v) is 4.75. The monoisotopic (exact) mass is 280 g/mol. The molecule has 0 aromatic carbocycles. The minimum Gasteiger partial charge on any atom is -0.343 e. The lowest BCUT2D eigenvalue weighted by atomic mass is 10.6. The third kappa shape index (κ3) is 3.32. The molecule has 9 heteroatoms. The number of nitrogen functional groups attached to an aromatic ring is 1. The Morgan fingerprint density at radius 3 is 2.89 bits per heavy atom. The SMILES string of the molecule is CSCCN(C)c1nc(NN)nc(-n2cccn2)n1. The molecule has 0 aliphatic carbocycles. The summed E-state index contributed by atoms with van der Waals surface area (Å²) in [6, 6.07) is 1.80. The van der Waals surface area contributed by atoms with Crippen molar-refractivity contribution in [3.05, 3.63) is 18.5 Å². The average molecular weight is 280 g/mol. The fourth-order valence-corrected chi connectivity index (χ4v) is 1.86. The van der Waals surface area contributed by atoms with E-state index in [1.165, 1.54) is 0 Å². The van der Waals surface area contributed by atoms with Crippen LogP contribution in [0.1, 0.15) is 0 Å². The van der Waals surface area contributed by atoms with E-state index in [4.69, 9.17) is 5.84 Å². The standard InChI is InChI=1S/C10H16N8S/c1-17(6-7-19-2)9-13-8(16-11)14-10(15-9)18-5-3-4-12-18/h3-5H,6-7,11H2,1-2H3,(H,13,14,15,16). The Morgan fingerprint density at radius 1 is 1.42 bits per heavy atom. The van der Waals surface area contributed by atoms with Gasteiger partial charge in [0.15, 0.2) is 0 Å². The van der Waals surface area contributed by atoms with Crippen LogP contribution in [0.25, 0.3) is 5.95 Å². The predicted molar refractivity (Wildman–Crippen MR) is 76.4 cm³/mol. The molecule has 2 aromatic heterocycles. The smallest absolute Gasteiger partial charge is 0.257 e. The van der Waals surface area contributed by atoms with E-state index in [1.807, 2.05) is 11.9 Å². The van der Waals surface area contributed by atoms with Crippen molar-refractivity contribution in [2.24, 2.45) is 5.84 Å². The first-order valence-corrected chi connectivity index (χ1v) is 7.06. The molecule has 2 aromatic rings. The first-order chi connectivity index (χ1) is 9.24. The maximum Gasteiger partial charge on any atom is 0.257 e. The summed E-state index contributed by atoms with van der Waals surface area (Å²) < 4.78 is 1.56. The molecule has 0 unspecified atom stereocenters. The van der Waals surface area contributed by atoms with Crippen molar-refractivity contribution in [3.63, 3.8) is 0 Å². The highest BCUT2D eigenvalue weighted by atomic mass is 32.2. The molecule has 0 spiro atoms. The van der Waals surface area contributed by atoms with Crippen LogP contribution in [-0.4, -0.2) is 50.3 Å². The van der Waals surface area contributed by atoms with Crippen LogP contribution in [0.5, 0.6) is 0 Å². The van der Waals surface area contributed by atoms with E-state index in [-0.39, 0.29) is 0 Å². The second-order valence-electron chi connectivity index (χ2n) is 3.77. The summed E-state index contributed by atoms with van der Waals surface area (Å²) >= 11 is 1.77. The van der Waals surface area contributed by atoms with Crippen LogP contribution in [0.15, 0.2) is 18.5 Å². The van der Waals surface area contributed by atoms with Crippen LogP contribution in [0.3, 0.4) is 0 Å². The summed E-state index contributed by atoms with van der Waals surface area (Å²) in [7, 11) is 1.93. The van der Waals surface area contributed by atoms with Crippen LogP contribution >= 0.6 is 11.8 Å². The molecule has 0 aliphatic rings. The molecule has 0 radical (unpaired) electrons. The number of aromatic nitrogens is 5. The van der Waals surface area contributed by atoms with Crippen molar-refractivity contribution in [1.29, 1.82) is 0 Å². The lowest BCUT2D eigenvalue weighted by Gasteiger charge is -2.17. The summed E-state index contributed by atoms with van der Waals surface area (Å²) in [4.78, 5) is 14.7. The highest BCUT2D eigenvalue weighted by Crippen LogP contribution is 2.11. The van der Waals surface area contributed by atoms with Crippen molar-refractivity contribution in [3.8, 4) is 5.95 Å². The number of hydrazine groups is 1. The highest BCUT2D eigenvalue weighted by Gasteiger charge is 2.11. The zero-order chi connectivity index (χ0) is 13.7. The Morgan fingerprint density at radius 2 is 2.26 bits per heavy atom. The van der Waals surface area contributed by atoms with Gasteiger partial charge in [-0.1, -0.05) is 0 Å². The molecule has 8 nitrogen and oxygen atoms in total. The van der Waals surface area contributed by atoms with E-state index >= 15 is 0 Å². The molecule has 0 fully saturated rings. The number of nitrogens with two attached hydrogens (primary N) is 1. The Balaban J connectivity index is 2.31. The molecule has 2 rings (SSSR count). The van der Waals surface area contributed by atoms with Crippen molar-refractivity contribution in [2.75, 3.05) is 35.9 Å². The second kappa shape index (κ2) is 6.34. The number of rotatable bonds is 6. The van der Waals surface area contributed by atoms with Gasteiger partial charge in [0.1, 0.15) is 0 Å². The number of nitrogens with zero attached hydrogens (tertiary/aromatic N) is 6. The number of nitrogens with one attached hydrogen (secondary N) is 1. The van der Waals surface area contributed by atoms with Gasteiger partial charge < -0.3 is 4.90 Å². The Kier molecular flexibility index (Phi) is 4.53. The number of hydrogen-bond acceptors (Lipinski definition) is 8. The van der Waals surface area contributed by atoms with Gasteiger partial charge in [-0.25, -0.2) is 10.5 Å². The van der Waals surface area contributed by atoms with E-state index in [0.29, 0.717) is 17.8 Å². The maximum atomic E-state index is 5.39. The van der Waals surface area contributed by atoms with Gasteiger partial charge in [-0.05, 0) is 12.3 Å². The summed E-state index contributed by atoms with van der Waals surface area (Å²) in [5.41, 5.74) is 2.45. The van der Waals surface area contributed by atoms with Crippen LogP contribution in [0.2, 0.25) is 0 Å². The topological polar surface area (TPSA) is 97.8 Å². The van der Waals surface area contributed by atoms with Crippen molar-refractivity contribution < 1.29 is 0 Å². The van der Waals surface area contributed by atoms with Crippen molar-refractivity contribution in [2.45, 2.75) is 0 Å². The minimum absolute atomic E-state index is 0.312. The zero-order valence-corrected chi connectivity index (χ0v) is 11.6. The van der Waals surface area contributed by atoms with E-state index in [2.05, 4.69) is 31.7 Å². The summed E-state index contributed by atoms with van der Waals surface area (Å²) in [5, 5.41) is 4.10. The van der Waals surface area contributed by atoms with Gasteiger partial charge in [-0.15, -0.1) is 0 Å². The van der Waals surface area contributed by atoms with Gasteiger partial charge in [0.05, 0.1) is 0 Å². The molecule has 0 amide bonds. The Bertz CT molecular complexity index is 514. The molecular formula is C10H16N8S. The van der Waals surface area contributed by atoms with Crippen molar-refractivity contribution in [1.82, 2.24) is 24.7 Å². The van der Waals surface area contributed by atoms with Gasteiger partial charge in [-0.3, -0.25) is 5.43 Å². The van der Waals surface area contributed by atoms with Gasteiger partial charge in [0, 0.05) is 31.7 Å². The van der Waals surface area contributed by atoms with Gasteiger partial charge in [0.25, 0.3) is 5.95 Å². The van der Waals surface area contributed by atoms with E-state index in [1.54, 1.807) is 34.9 Å². The third-order valence-corrected chi connectivity index (χ3v) is 3.01.